The second-order valence-corrected chi connectivity index (χ2v) is 6.21. The fraction of sp³-hybridized carbons (Fsp3) is 0.263. The zero-order valence-corrected chi connectivity index (χ0v) is 14.0. The van der Waals surface area contributed by atoms with Gasteiger partial charge in [-0.25, -0.2) is 0 Å². The number of nitrogens with zero attached hydrogens (tertiary/aromatic N) is 1. The van der Waals surface area contributed by atoms with Gasteiger partial charge in [-0.1, -0.05) is 0 Å². The van der Waals surface area contributed by atoms with Crippen molar-refractivity contribution in [1.29, 1.82) is 5.26 Å². The molecule has 0 atom stereocenters. The average molecular weight is 324 g/mol. The minimum atomic E-state index is -0.675. The zero-order valence-electron chi connectivity index (χ0n) is 14.0. The quantitative estimate of drug-likeness (QED) is 0.885. The summed E-state index contributed by atoms with van der Waals surface area (Å²) in [6.07, 6.45) is 0. The summed E-state index contributed by atoms with van der Waals surface area (Å²) in [6, 6.07) is 14.0. The van der Waals surface area contributed by atoms with E-state index >= 15 is 0 Å². The molecule has 0 fully saturated rings. The number of rotatable bonds is 5. The summed E-state index contributed by atoms with van der Waals surface area (Å²) < 4.78 is 5.78. The molecule has 124 valence electrons. The number of aryl methyl sites for hydroxylation is 1. The first-order valence-corrected chi connectivity index (χ1v) is 7.57. The van der Waals surface area contributed by atoms with Gasteiger partial charge in [0.1, 0.15) is 11.5 Å². The lowest BCUT2D eigenvalue weighted by Crippen LogP contribution is -2.46. The van der Waals surface area contributed by atoms with Gasteiger partial charge in [0, 0.05) is 5.56 Å². The van der Waals surface area contributed by atoms with E-state index in [-0.39, 0.29) is 12.5 Å². The smallest absolute Gasteiger partial charge is 0.251 e. The Balaban J connectivity index is 2.10. The minimum absolute atomic E-state index is 0.141. The standard InChI is InChI=1S/C19H20N2O3/c1-13-10-14(11-20)4-9-17(13)24-16-7-5-15(6-8-16)18(23)21-19(2,3)12-22/h4-10,22H,12H2,1-3H3,(H,21,23). The predicted octanol–water partition coefficient (Wildman–Crippen LogP) is 3.16. The van der Waals surface area contributed by atoms with Crippen molar-refractivity contribution >= 4 is 5.91 Å². The van der Waals surface area contributed by atoms with E-state index < -0.39 is 5.54 Å². The fourth-order valence-corrected chi connectivity index (χ4v) is 2.05. The van der Waals surface area contributed by atoms with Crippen LogP contribution in [0.1, 0.15) is 35.3 Å². The number of aliphatic hydroxyl groups is 1. The summed E-state index contributed by atoms with van der Waals surface area (Å²) in [4.78, 5) is 12.1. The van der Waals surface area contributed by atoms with E-state index in [2.05, 4.69) is 11.4 Å². The molecule has 1 amide bonds. The van der Waals surface area contributed by atoms with Gasteiger partial charge in [-0.2, -0.15) is 5.26 Å². The number of benzene rings is 2. The van der Waals surface area contributed by atoms with Crippen molar-refractivity contribution in [3.05, 3.63) is 59.2 Å². The average Bonchev–Trinajstić information content (AvgIpc) is 2.57. The number of ether oxygens (including phenoxy) is 1. The summed E-state index contributed by atoms with van der Waals surface area (Å²) in [6.45, 7) is 5.22. The maximum absolute atomic E-state index is 12.1. The summed E-state index contributed by atoms with van der Waals surface area (Å²) in [5, 5.41) is 20.8. The van der Waals surface area contributed by atoms with Crippen molar-refractivity contribution in [3.63, 3.8) is 0 Å². The summed E-state index contributed by atoms with van der Waals surface area (Å²) in [5.74, 6) is 1.00. The molecule has 0 radical (unpaired) electrons. The van der Waals surface area contributed by atoms with E-state index in [0.717, 1.165) is 5.56 Å². The van der Waals surface area contributed by atoms with Gasteiger partial charge >= 0.3 is 0 Å². The number of nitriles is 1. The van der Waals surface area contributed by atoms with E-state index in [9.17, 15) is 9.90 Å². The van der Waals surface area contributed by atoms with Crippen molar-refractivity contribution in [2.45, 2.75) is 26.3 Å². The van der Waals surface area contributed by atoms with E-state index in [1.165, 1.54) is 0 Å². The number of carbonyl (C=O) groups excluding carboxylic acids is 1. The van der Waals surface area contributed by atoms with Gasteiger partial charge in [0.15, 0.2) is 0 Å². The molecule has 0 aliphatic rings. The molecule has 0 heterocycles. The van der Waals surface area contributed by atoms with Gasteiger partial charge in [-0.3, -0.25) is 4.79 Å². The van der Waals surface area contributed by atoms with Crippen LogP contribution in [-0.4, -0.2) is 23.2 Å². The maximum Gasteiger partial charge on any atom is 0.251 e. The molecule has 0 bridgehead atoms. The summed E-state index contributed by atoms with van der Waals surface area (Å²) >= 11 is 0. The van der Waals surface area contributed by atoms with Crippen LogP contribution in [0.5, 0.6) is 11.5 Å². The van der Waals surface area contributed by atoms with Crippen molar-refractivity contribution in [2.24, 2.45) is 0 Å². The van der Waals surface area contributed by atoms with Crippen LogP contribution in [0.15, 0.2) is 42.5 Å². The first kappa shape index (κ1) is 17.5. The molecule has 2 aromatic carbocycles. The summed E-state index contributed by atoms with van der Waals surface area (Å²) in [7, 11) is 0. The zero-order chi connectivity index (χ0) is 17.7. The van der Waals surface area contributed by atoms with Crippen LogP contribution < -0.4 is 10.1 Å². The number of hydrogen-bond acceptors (Lipinski definition) is 4. The second-order valence-electron chi connectivity index (χ2n) is 6.21. The van der Waals surface area contributed by atoms with Crippen molar-refractivity contribution in [1.82, 2.24) is 5.32 Å². The minimum Gasteiger partial charge on any atom is -0.457 e. The van der Waals surface area contributed by atoms with E-state index in [1.807, 2.05) is 6.92 Å². The molecule has 0 aliphatic carbocycles. The Morgan fingerprint density at radius 1 is 1.25 bits per heavy atom. The van der Waals surface area contributed by atoms with Crippen molar-refractivity contribution in [3.8, 4) is 17.6 Å². The molecule has 0 spiro atoms. The predicted molar refractivity (Wildman–Crippen MR) is 91.0 cm³/mol. The molecule has 24 heavy (non-hydrogen) atoms. The maximum atomic E-state index is 12.1. The summed E-state index contributed by atoms with van der Waals surface area (Å²) in [5.41, 5.74) is 1.26. The molecule has 0 aliphatic heterocycles. The van der Waals surface area contributed by atoms with E-state index in [4.69, 9.17) is 10.00 Å². The first-order valence-electron chi connectivity index (χ1n) is 7.57. The highest BCUT2D eigenvalue weighted by molar-refractivity contribution is 5.94. The molecule has 2 rings (SSSR count). The Hall–Kier alpha value is -2.84. The lowest BCUT2D eigenvalue weighted by molar-refractivity contribution is 0.0869. The second kappa shape index (κ2) is 7.16. The third-order valence-electron chi connectivity index (χ3n) is 3.50. The molecule has 0 saturated carbocycles. The van der Waals surface area contributed by atoms with Crippen LogP contribution in [0.25, 0.3) is 0 Å². The highest BCUT2D eigenvalue weighted by atomic mass is 16.5. The Kier molecular flexibility index (Phi) is 5.22. The number of aliphatic hydroxyl groups excluding tert-OH is 1. The van der Waals surface area contributed by atoms with E-state index in [0.29, 0.717) is 22.6 Å². The van der Waals surface area contributed by atoms with Gasteiger partial charge in [0.2, 0.25) is 0 Å². The largest absolute Gasteiger partial charge is 0.457 e. The fourth-order valence-electron chi connectivity index (χ4n) is 2.05. The van der Waals surface area contributed by atoms with Gasteiger partial charge in [0.25, 0.3) is 5.91 Å². The number of amides is 1. The van der Waals surface area contributed by atoms with Crippen LogP contribution >= 0.6 is 0 Å². The molecule has 0 aromatic heterocycles. The monoisotopic (exact) mass is 324 g/mol. The molecule has 2 N–H and O–H groups in total. The number of nitrogens with one attached hydrogen (secondary N) is 1. The van der Waals surface area contributed by atoms with Crippen molar-refractivity contribution < 1.29 is 14.6 Å². The molecule has 0 unspecified atom stereocenters. The lowest BCUT2D eigenvalue weighted by atomic mass is 10.1. The van der Waals surface area contributed by atoms with E-state index in [1.54, 1.807) is 56.3 Å². The Morgan fingerprint density at radius 2 is 1.92 bits per heavy atom. The van der Waals surface area contributed by atoms with Gasteiger partial charge in [-0.05, 0) is 68.8 Å². The highest BCUT2D eigenvalue weighted by Gasteiger charge is 2.19. The van der Waals surface area contributed by atoms with Crippen LogP contribution in [-0.2, 0) is 0 Å². The van der Waals surface area contributed by atoms with Crippen molar-refractivity contribution in [2.75, 3.05) is 6.61 Å². The normalized spacial score (nSPS) is 10.8. The van der Waals surface area contributed by atoms with Gasteiger partial charge in [0.05, 0.1) is 23.8 Å². The van der Waals surface area contributed by atoms with Gasteiger partial charge < -0.3 is 15.2 Å². The molecular formula is C19H20N2O3. The SMILES string of the molecule is Cc1cc(C#N)ccc1Oc1ccc(C(=O)NC(C)(C)CO)cc1. The third kappa shape index (κ3) is 4.34. The third-order valence-corrected chi connectivity index (χ3v) is 3.50. The topological polar surface area (TPSA) is 82.3 Å². The van der Waals surface area contributed by atoms with Gasteiger partial charge in [-0.15, -0.1) is 0 Å². The number of carbonyl (C=O) groups is 1. The Morgan fingerprint density at radius 3 is 2.46 bits per heavy atom. The lowest BCUT2D eigenvalue weighted by Gasteiger charge is -2.23. The molecule has 5 nitrogen and oxygen atoms in total. The molecule has 5 heteroatoms. The number of hydrogen-bond donors (Lipinski definition) is 2. The Labute approximate surface area is 141 Å². The molecule has 2 aromatic rings. The van der Waals surface area contributed by atoms with Crippen LogP contribution in [0, 0.1) is 18.3 Å². The van der Waals surface area contributed by atoms with Crippen LogP contribution in [0.4, 0.5) is 0 Å². The van der Waals surface area contributed by atoms with Crippen LogP contribution in [0.3, 0.4) is 0 Å². The van der Waals surface area contributed by atoms with Crippen LogP contribution in [0.2, 0.25) is 0 Å². The highest BCUT2D eigenvalue weighted by Crippen LogP contribution is 2.26. The molecule has 0 saturated heterocycles. The Bertz CT molecular complexity index is 774. The molecular weight excluding hydrogens is 304 g/mol. The first-order chi connectivity index (χ1) is 11.3.